The molecular formula is C12H20N6. The molecule has 1 atom stereocenters. The summed E-state index contributed by atoms with van der Waals surface area (Å²) in [7, 11) is 1.92. The molecule has 6 heteroatoms. The monoisotopic (exact) mass is 248 g/mol. The molecule has 6 nitrogen and oxygen atoms in total. The summed E-state index contributed by atoms with van der Waals surface area (Å²) < 4.78 is 3.78. The molecule has 2 heterocycles. The zero-order valence-electron chi connectivity index (χ0n) is 11.1. The largest absolute Gasteiger partial charge is 0.272 e. The summed E-state index contributed by atoms with van der Waals surface area (Å²) in [6.45, 7) is 5.02. The lowest BCUT2D eigenvalue weighted by molar-refractivity contribution is 0.570. The number of nitrogens with two attached hydrogens (primary N) is 1. The van der Waals surface area contributed by atoms with E-state index in [9.17, 15) is 0 Å². The van der Waals surface area contributed by atoms with Crippen LogP contribution in [0.15, 0.2) is 18.5 Å². The van der Waals surface area contributed by atoms with Gasteiger partial charge >= 0.3 is 0 Å². The summed E-state index contributed by atoms with van der Waals surface area (Å²) >= 11 is 0. The minimum absolute atomic E-state index is 0.0817. The lowest BCUT2D eigenvalue weighted by Crippen LogP contribution is -2.30. The van der Waals surface area contributed by atoms with E-state index in [0.29, 0.717) is 0 Å². The molecule has 0 spiro atoms. The van der Waals surface area contributed by atoms with Gasteiger partial charge in [0.1, 0.15) is 0 Å². The quantitative estimate of drug-likeness (QED) is 0.608. The van der Waals surface area contributed by atoms with Crippen molar-refractivity contribution in [2.24, 2.45) is 12.9 Å². The van der Waals surface area contributed by atoms with Gasteiger partial charge in [-0.3, -0.25) is 15.2 Å². The van der Waals surface area contributed by atoms with Gasteiger partial charge < -0.3 is 0 Å². The van der Waals surface area contributed by atoms with Crippen LogP contribution in [0.1, 0.15) is 36.3 Å². The van der Waals surface area contributed by atoms with Crippen LogP contribution in [0.2, 0.25) is 0 Å². The summed E-state index contributed by atoms with van der Waals surface area (Å²) in [5, 5.41) is 8.67. The predicted molar refractivity (Wildman–Crippen MR) is 69.6 cm³/mol. The second-order valence-corrected chi connectivity index (χ2v) is 4.47. The first-order valence-electron chi connectivity index (χ1n) is 6.14. The number of rotatable bonds is 5. The summed E-state index contributed by atoms with van der Waals surface area (Å²) in [4.78, 5) is 0. The summed E-state index contributed by atoms with van der Waals surface area (Å²) in [6.07, 6.45) is 4.94. The molecule has 2 rings (SSSR count). The summed E-state index contributed by atoms with van der Waals surface area (Å²) in [5.74, 6) is 5.67. The number of hydrogen-bond donors (Lipinski definition) is 2. The second-order valence-electron chi connectivity index (χ2n) is 4.47. The maximum absolute atomic E-state index is 5.67. The average Bonchev–Trinajstić information content (AvgIpc) is 2.89. The van der Waals surface area contributed by atoms with Crippen LogP contribution in [-0.4, -0.2) is 19.6 Å². The number of nitrogens with one attached hydrogen (secondary N) is 1. The molecule has 0 radical (unpaired) electrons. The van der Waals surface area contributed by atoms with Crippen molar-refractivity contribution in [2.45, 2.75) is 32.9 Å². The van der Waals surface area contributed by atoms with Gasteiger partial charge in [0, 0.05) is 25.4 Å². The molecule has 0 aliphatic rings. The number of aromatic nitrogens is 4. The molecule has 98 valence electrons. The maximum Gasteiger partial charge on any atom is 0.0908 e. The van der Waals surface area contributed by atoms with Crippen LogP contribution < -0.4 is 11.3 Å². The van der Waals surface area contributed by atoms with Crippen molar-refractivity contribution in [1.82, 2.24) is 25.0 Å². The van der Waals surface area contributed by atoms with E-state index < -0.39 is 0 Å². The van der Waals surface area contributed by atoms with Gasteiger partial charge in [-0.25, -0.2) is 5.43 Å². The molecule has 3 N–H and O–H groups in total. The molecule has 0 saturated carbocycles. The van der Waals surface area contributed by atoms with Gasteiger partial charge in [-0.2, -0.15) is 10.2 Å². The van der Waals surface area contributed by atoms with Crippen LogP contribution in [0, 0.1) is 6.92 Å². The Balaban J connectivity index is 2.29. The van der Waals surface area contributed by atoms with E-state index in [4.69, 9.17) is 5.84 Å². The maximum atomic E-state index is 5.67. The van der Waals surface area contributed by atoms with Crippen LogP contribution in [0.4, 0.5) is 0 Å². The summed E-state index contributed by atoms with van der Waals surface area (Å²) in [6, 6.07) is 1.95. The van der Waals surface area contributed by atoms with Crippen LogP contribution in [0.5, 0.6) is 0 Å². The Morgan fingerprint density at radius 2 is 2.28 bits per heavy atom. The Labute approximate surface area is 107 Å². The molecule has 1 unspecified atom stereocenters. The molecule has 0 aliphatic carbocycles. The highest BCUT2D eigenvalue weighted by Crippen LogP contribution is 2.21. The van der Waals surface area contributed by atoms with Crippen molar-refractivity contribution < 1.29 is 0 Å². The van der Waals surface area contributed by atoms with Crippen molar-refractivity contribution in [3.8, 4) is 0 Å². The number of aryl methyl sites for hydroxylation is 3. The van der Waals surface area contributed by atoms with Gasteiger partial charge in [-0.15, -0.1) is 0 Å². The van der Waals surface area contributed by atoms with Gasteiger partial charge in [0.2, 0.25) is 0 Å². The Morgan fingerprint density at radius 1 is 1.50 bits per heavy atom. The Morgan fingerprint density at radius 3 is 2.83 bits per heavy atom. The van der Waals surface area contributed by atoms with E-state index in [-0.39, 0.29) is 6.04 Å². The van der Waals surface area contributed by atoms with Crippen LogP contribution in [0.3, 0.4) is 0 Å². The standard InChI is InChI=1S/C12H20N6/c1-4-5-18-8-10(7-14-18)12(15-13)11-6-9(2)16-17(11)3/h6-8,12,15H,4-5,13H2,1-3H3. The Kier molecular flexibility index (Phi) is 3.78. The van der Waals surface area contributed by atoms with E-state index in [1.165, 1.54) is 0 Å². The molecule has 0 amide bonds. The van der Waals surface area contributed by atoms with E-state index in [1.54, 1.807) is 0 Å². The molecule has 2 aromatic heterocycles. The van der Waals surface area contributed by atoms with Crippen LogP contribution in [-0.2, 0) is 13.6 Å². The fraction of sp³-hybridized carbons (Fsp3) is 0.500. The smallest absolute Gasteiger partial charge is 0.0908 e. The van der Waals surface area contributed by atoms with Crippen molar-refractivity contribution >= 4 is 0 Å². The number of hydrazine groups is 1. The highest BCUT2D eigenvalue weighted by molar-refractivity contribution is 5.25. The van der Waals surface area contributed by atoms with E-state index in [1.807, 2.05) is 41.8 Å². The predicted octanol–water partition coefficient (Wildman–Crippen LogP) is 0.888. The SMILES string of the molecule is CCCn1cc(C(NN)c2cc(C)nn2C)cn1. The molecule has 0 saturated heterocycles. The van der Waals surface area contributed by atoms with Gasteiger partial charge in [0.15, 0.2) is 0 Å². The first-order chi connectivity index (χ1) is 8.65. The van der Waals surface area contributed by atoms with Crippen molar-refractivity contribution in [2.75, 3.05) is 0 Å². The molecule has 0 bridgehead atoms. The van der Waals surface area contributed by atoms with Gasteiger partial charge in [0.25, 0.3) is 0 Å². The first-order valence-corrected chi connectivity index (χ1v) is 6.14. The lowest BCUT2D eigenvalue weighted by atomic mass is 10.1. The zero-order chi connectivity index (χ0) is 13.1. The topological polar surface area (TPSA) is 73.7 Å². The summed E-state index contributed by atoms with van der Waals surface area (Å²) in [5.41, 5.74) is 5.89. The normalized spacial score (nSPS) is 12.9. The molecule has 18 heavy (non-hydrogen) atoms. The Bertz CT molecular complexity index is 512. The minimum atomic E-state index is -0.0817. The minimum Gasteiger partial charge on any atom is -0.272 e. The third kappa shape index (κ3) is 2.44. The number of nitrogens with zero attached hydrogens (tertiary/aromatic N) is 4. The van der Waals surface area contributed by atoms with E-state index >= 15 is 0 Å². The molecule has 0 aliphatic heterocycles. The van der Waals surface area contributed by atoms with Crippen LogP contribution in [0.25, 0.3) is 0 Å². The van der Waals surface area contributed by atoms with Crippen molar-refractivity contribution in [1.29, 1.82) is 0 Å². The lowest BCUT2D eigenvalue weighted by Gasteiger charge is -2.14. The van der Waals surface area contributed by atoms with Crippen LogP contribution >= 0.6 is 0 Å². The fourth-order valence-corrected chi connectivity index (χ4v) is 2.13. The fourth-order valence-electron chi connectivity index (χ4n) is 2.13. The molecular weight excluding hydrogens is 228 g/mol. The second kappa shape index (κ2) is 5.32. The molecule has 2 aromatic rings. The number of hydrogen-bond acceptors (Lipinski definition) is 4. The molecule has 0 aromatic carbocycles. The third-order valence-corrected chi connectivity index (χ3v) is 2.94. The van der Waals surface area contributed by atoms with Gasteiger partial charge in [-0.05, 0) is 19.4 Å². The van der Waals surface area contributed by atoms with Crippen molar-refractivity contribution in [3.63, 3.8) is 0 Å². The third-order valence-electron chi connectivity index (χ3n) is 2.94. The zero-order valence-corrected chi connectivity index (χ0v) is 11.1. The van der Waals surface area contributed by atoms with Crippen molar-refractivity contribution in [3.05, 3.63) is 35.4 Å². The highest BCUT2D eigenvalue weighted by Gasteiger charge is 2.18. The van der Waals surface area contributed by atoms with Gasteiger partial charge in [0.05, 0.1) is 23.6 Å². The average molecular weight is 248 g/mol. The Hall–Kier alpha value is -1.66. The van der Waals surface area contributed by atoms with E-state index in [2.05, 4.69) is 22.5 Å². The molecule has 0 fully saturated rings. The van der Waals surface area contributed by atoms with Gasteiger partial charge in [-0.1, -0.05) is 6.92 Å². The first kappa shape index (κ1) is 12.8. The highest BCUT2D eigenvalue weighted by atomic mass is 15.3. The van der Waals surface area contributed by atoms with E-state index in [0.717, 1.165) is 29.9 Å².